The lowest BCUT2D eigenvalue weighted by Gasteiger charge is -2.12. The number of nitrogens with one attached hydrogen (secondary N) is 1. The van der Waals surface area contributed by atoms with Crippen LogP contribution in [0.5, 0.6) is 0 Å². The first-order chi connectivity index (χ1) is 11.2. The number of aryl methyl sites for hydroxylation is 1. The van der Waals surface area contributed by atoms with Gasteiger partial charge in [0.15, 0.2) is 0 Å². The molecule has 2 rings (SSSR count). The van der Waals surface area contributed by atoms with Crippen LogP contribution in [-0.2, 0) is 10.0 Å². The number of hydrogen-bond acceptors (Lipinski definition) is 4. The molecule has 0 heterocycles. The second kappa shape index (κ2) is 6.84. The van der Waals surface area contributed by atoms with E-state index in [-0.39, 0.29) is 16.4 Å². The molecule has 0 fully saturated rings. The van der Waals surface area contributed by atoms with Gasteiger partial charge in [0, 0.05) is 25.2 Å². The van der Waals surface area contributed by atoms with E-state index >= 15 is 0 Å². The summed E-state index contributed by atoms with van der Waals surface area (Å²) in [5.41, 5.74) is 0.940. The van der Waals surface area contributed by atoms with Crippen LogP contribution in [0, 0.1) is 6.92 Å². The van der Waals surface area contributed by atoms with Crippen LogP contribution in [-0.4, -0.2) is 39.2 Å². The average Bonchev–Trinajstić information content (AvgIpc) is 2.54. The Hall–Kier alpha value is -2.67. The lowest BCUT2D eigenvalue weighted by Crippen LogP contribution is -2.31. The molecule has 0 bridgehead atoms. The maximum atomic E-state index is 12.4. The van der Waals surface area contributed by atoms with Crippen molar-refractivity contribution in [3.8, 4) is 0 Å². The molecule has 0 aliphatic carbocycles. The van der Waals surface area contributed by atoms with Crippen molar-refractivity contribution in [3.05, 3.63) is 65.2 Å². The van der Waals surface area contributed by atoms with Crippen LogP contribution < -0.4 is 4.72 Å². The summed E-state index contributed by atoms with van der Waals surface area (Å²) < 4.78 is 26.7. The van der Waals surface area contributed by atoms with Crippen molar-refractivity contribution in [2.24, 2.45) is 0 Å². The number of carbonyl (C=O) groups excluding carboxylic acids is 2. The third kappa shape index (κ3) is 3.80. The van der Waals surface area contributed by atoms with Crippen LogP contribution >= 0.6 is 0 Å². The SMILES string of the molecule is Cc1ccccc1S(=O)(=O)NC(=O)c1cccc(C(=O)N(C)C)c1. The van der Waals surface area contributed by atoms with Crippen LogP contribution in [0.15, 0.2) is 53.4 Å². The van der Waals surface area contributed by atoms with E-state index in [1.165, 1.54) is 29.2 Å². The van der Waals surface area contributed by atoms with Gasteiger partial charge in [0.05, 0.1) is 4.90 Å². The first kappa shape index (κ1) is 17.7. The zero-order valence-electron chi connectivity index (χ0n) is 13.6. The molecule has 0 aliphatic heterocycles. The Morgan fingerprint density at radius 2 is 1.58 bits per heavy atom. The quantitative estimate of drug-likeness (QED) is 0.915. The first-order valence-electron chi connectivity index (χ1n) is 7.17. The van der Waals surface area contributed by atoms with E-state index in [0.717, 1.165) is 0 Å². The highest BCUT2D eigenvalue weighted by molar-refractivity contribution is 7.90. The molecule has 0 unspecified atom stereocenters. The van der Waals surface area contributed by atoms with Gasteiger partial charge in [-0.2, -0.15) is 0 Å². The summed E-state index contributed by atoms with van der Waals surface area (Å²) in [5.74, 6) is -1.06. The number of carbonyl (C=O) groups is 2. The Morgan fingerprint density at radius 1 is 0.958 bits per heavy atom. The van der Waals surface area contributed by atoms with Gasteiger partial charge in [0.1, 0.15) is 0 Å². The molecule has 0 aromatic heterocycles. The minimum atomic E-state index is -3.98. The Morgan fingerprint density at radius 3 is 2.21 bits per heavy atom. The lowest BCUT2D eigenvalue weighted by molar-refractivity contribution is 0.0827. The van der Waals surface area contributed by atoms with Crippen molar-refractivity contribution in [3.63, 3.8) is 0 Å². The Bertz CT molecular complexity index is 889. The van der Waals surface area contributed by atoms with Gasteiger partial charge in [-0.15, -0.1) is 0 Å². The fourth-order valence-electron chi connectivity index (χ4n) is 2.15. The van der Waals surface area contributed by atoms with Gasteiger partial charge in [0.2, 0.25) is 0 Å². The number of rotatable bonds is 4. The van der Waals surface area contributed by atoms with E-state index < -0.39 is 15.9 Å². The summed E-state index contributed by atoms with van der Waals surface area (Å²) in [6, 6.07) is 12.3. The summed E-state index contributed by atoms with van der Waals surface area (Å²) in [4.78, 5) is 25.6. The zero-order chi connectivity index (χ0) is 17.9. The van der Waals surface area contributed by atoms with Gasteiger partial charge in [-0.3, -0.25) is 9.59 Å². The molecule has 24 heavy (non-hydrogen) atoms. The van der Waals surface area contributed by atoms with Gasteiger partial charge in [-0.25, -0.2) is 13.1 Å². The molecule has 0 radical (unpaired) electrons. The average molecular weight is 346 g/mol. The third-order valence-electron chi connectivity index (χ3n) is 3.39. The summed E-state index contributed by atoms with van der Waals surface area (Å²) in [6.07, 6.45) is 0. The van der Waals surface area contributed by atoms with E-state index in [0.29, 0.717) is 11.1 Å². The van der Waals surface area contributed by atoms with Gasteiger partial charge in [0.25, 0.3) is 21.8 Å². The molecule has 0 saturated heterocycles. The standard InChI is InChI=1S/C17H18N2O4S/c1-12-7-4-5-10-15(12)24(22,23)18-16(20)13-8-6-9-14(11-13)17(21)19(2)3/h4-11H,1-3H3,(H,18,20). The van der Waals surface area contributed by atoms with E-state index in [1.54, 1.807) is 45.3 Å². The second-order valence-electron chi connectivity index (χ2n) is 5.48. The molecule has 2 amide bonds. The maximum Gasteiger partial charge on any atom is 0.265 e. The smallest absolute Gasteiger partial charge is 0.265 e. The summed E-state index contributed by atoms with van der Waals surface area (Å²) in [6.45, 7) is 1.65. The molecule has 1 N–H and O–H groups in total. The second-order valence-corrected chi connectivity index (χ2v) is 7.13. The van der Waals surface area contributed by atoms with Crippen molar-refractivity contribution in [2.45, 2.75) is 11.8 Å². The molecule has 0 saturated carbocycles. The van der Waals surface area contributed by atoms with Gasteiger partial charge in [-0.05, 0) is 36.8 Å². The van der Waals surface area contributed by atoms with Crippen molar-refractivity contribution in [1.29, 1.82) is 0 Å². The zero-order valence-corrected chi connectivity index (χ0v) is 14.4. The summed E-state index contributed by atoms with van der Waals surface area (Å²) in [5, 5.41) is 0. The van der Waals surface area contributed by atoms with Crippen LogP contribution in [0.3, 0.4) is 0 Å². The number of hydrogen-bond donors (Lipinski definition) is 1. The van der Waals surface area contributed by atoms with Gasteiger partial charge < -0.3 is 4.90 Å². The van der Waals surface area contributed by atoms with Gasteiger partial charge in [-0.1, -0.05) is 24.3 Å². The van der Waals surface area contributed by atoms with Crippen LogP contribution in [0.25, 0.3) is 0 Å². The Balaban J connectivity index is 2.29. The normalized spacial score (nSPS) is 11.0. The molecule has 0 atom stereocenters. The molecular formula is C17H18N2O4S. The topological polar surface area (TPSA) is 83.5 Å². The third-order valence-corrected chi connectivity index (χ3v) is 4.88. The minimum Gasteiger partial charge on any atom is -0.345 e. The highest BCUT2D eigenvalue weighted by Gasteiger charge is 2.21. The maximum absolute atomic E-state index is 12.4. The fraction of sp³-hybridized carbons (Fsp3) is 0.176. The molecule has 2 aromatic carbocycles. The first-order valence-corrected chi connectivity index (χ1v) is 8.65. The van der Waals surface area contributed by atoms with E-state index in [9.17, 15) is 18.0 Å². The molecule has 6 nitrogen and oxygen atoms in total. The highest BCUT2D eigenvalue weighted by atomic mass is 32.2. The van der Waals surface area contributed by atoms with Crippen LogP contribution in [0.4, 0.5) is 0 Å². The molecule has 126 valence electrons. The largest absolute Gasteiger partial charge is 0.345 e. The van der Waals surface area contributed by atoms with Crippen molar-refractivity contribution in [2.75, 3.05) is 14.1 Å². The molecule has 7 heteroatoms. The minimum absolute atomic E-state index is 0.0406. The Labute approximate surface area is 141 Å². The number of amides is 2. The summed E-state index contributed by atoms with van der Waals surface area (Å²) in [7, 11) is -0.793. The van der Waals surface area contributed by atoms with Crippen molar-refractivity contribution < 1.29 is 18.0 Å². The Kier molecular flexibility index (Phi) is 5.04. The monoisotopic (exact) mass is 346 g/mol. The lowest BCUT2D eigenvalue weighted by atomic mass is 10.1. The van der Waals surface area contributed by atoms with E-state index in [1.807, 2.05) is 4.72 Å². The van der Waals surface area contributed by atoms with E-state index in [4.69, 9.17) is 0 Å². The van der Waals surface area contributed by atoms with Crippen molar-refractivity contribution in [1.82, 2.24) is 9.62 Å². The predicted octanol–water partition coefficient (Wildman–Crippen LogP) is 1.82. The molecule has 0 aliphatic rings. The summed E-state index contributed by atoms with van der Waals surface area (Å²) >= 11 is 0. The number of nitrogens with zero attached hydrogens (tertiary/aromatic N) is 1. The predicted molar refractivity (Wildman–Crippen MR) is 90.3 cm³/mol. The van der Waals surface area contributed by atoms with E-state index in [2.05, 4.69) is 0 Å². The highest BCUT2D eigenvalue weighted by Crippen LogP contribution is 2.15. The number of sulfonamides is 1. The molecule has 0 spiro atoms. The van der Waals surface area contributed by atoms with Crippen molar-refractivity contribution >= 4 is 21.8 Å². The fourth-order valence-corrected chi connectivity index (χ4v) is 3.37. The van der Waals surface area contributed by atoms with Gasteiger partial charge >= 0.3 is 0 Å². The number of benzene rings is 2. The molecule has 2 aromatic rings. The van der Waals surface area contributed by atoms with Crippen LogP contribution in [0.2, 0.25) is 0 Å². The molecular weight excluding hydrogens is 328 g/mol. The van der Waals surface area contributed by atoms with Crippen LogP contribution in [0.1, 0.15) is 26.3 Å².